The number of fused-ring (bicyclic) bond motifs is 3. The average Bonchev–Trinajstić information content (AvgIpc) is 2.87. The average molecular weight is 227 g/mol. The molecule has 4 unspecified atom stereocenters. The van der Waals surface area contributed by atoms with Crippen LogP contribution in [0.3, 0.4) is 0 Å². The van der Waals surface area contributed by atoms with Gasteiger partial charge >= 0.3 is 0 Å². The molecule has 90 valence electrons. The van der Waals surface area contributed by atoms with Crippen molar-refractivity contribution in [1.82, 2.24) is 4.90 Å². The molecule has 2 heterocycles. The summed E-state index contributed by atoms with van der Waals surface area (Å²) in [5.41, 5.74) is 0. The van der Waals surface area contributed by atoms with E-state index in [1.165, 1.54) is 6.54 Å². The van der Waals surface area contributed by atoms with Crippen LogP contribution in [0.2, 0.25) is 0 Å². The Labute approximate surface area is 104 Å². The maximum Gasteiger partial charge on any atom is 0.0354 e. The Morgan fingerprint density at radius 1 is 1.29 bits per heavy atom. The summed E-state index contributed by atoms with van der Waals surface area (Å²) in [6.45, 7) is 7.42. The second-order valence-electron chi connectivity index (χ2n) is 5.58. The Hall–Kier alpha value is -1.08. The van der Waals surface area contributed by atoms with Crippen molar-refractivity contribution in [2.75, 3.05) is 6.54 Å². The Morgan fingerprint density at radius 2 is 2.12 bits per heavy atom. The maximum atomic E-state index is 3.86. The molecule has 0 radical (unpaired) electrons. The van der Waals surface area contributed by atoms with Gasteiger partial charge in [0.05, 0.1) is 0 Å². The van der Waals surface area contributed by atoms with Crippen LogP contribution in [0.15, 0.2) is 49.1 Å². The van der Waals surface area contributed by atoms with Crippen LogP contribution in [-0.4, -0.2) is 23.5 Å². The standard InChI is InChI=1S/C16H21N/c1-3-6-12(2)15-9-10-16-14-8-5-4-7-13(14)11-17(15)16/h3-5,7-10,12-16H,1,6,11H2,2H3/t12?,13?,14-,15?,16?/m0/s1. The predicted octanol–water partition coefficient (Wildman–Crippen LogP) is 3.18. The lowest BCUT2D eigenvalue weighted by atomic mass is 9.87. The first-order chi connectivity index (χ1) is 8.31. The van der Waals surface area contributed by atoms with Crippen molar-refractivity contribution in [2.45, 2.75) is 25.4 Å². The van der Waals surface area contributed by atoms with Gasteiger partial charge in [0.15, 0.2) is 0 Å². The summed E-state index contributed by atoms with van der Waals surface area (Å²) in [6, 6.07) is 1.25. The van der Waals surface area contributed by atoms with Gasteiger partial charge in [-0.25, -0.2) is 0 Å². The fourth-order valence-corrected chi connectivity index (χ4v) is 3.62. The van der Waals surface area contributed by atoms with Crippen LogP contribution in [0.4, 0.5) is 0 Å². The van der Waals surface area contributed by atoms with Crippen molar-refractivity contribution < 1.29 is 0 Å². The molecule has 5 atom stereocenters. The first kappa shape index (κ1) is 11.0. The van der Waals surface area contributed by atoms with Crippen molar-refractivity contribution in [3.63, 3.8) is 0 Å². The minimum atomic E-state index is 0.616. The van der Waals surface area contributed by atoms with E-state index in [2.05, 4.69) is 60.9 Å². The molecule has 1 aliphatic carbocycles. The van der Waals surface area contributed by atoms with Crippen LogP contribution in [0.25, 0.3) is 0 Å². The topological polar surface area (TPSA) is 3.24 Å². The quantitative estimate of drug-likeness (QED) is 0.669. The van der Waals surface area contributed by atoms with Crippen molar-refractivity contribution in [3.05, 3.63) is 49.1 Å². The summed E-state index contributed by atoms with van der Waals surface area (Å²) in [6.07, 6.45) is 17.2. The molecule has 0 aromatic carbocycles. The van der Waals surface area contributed by atoms with Crippen LogP contribution >= 0.6 is 0 Å². The molecule has 1 saturated heterocycles. The van der Waals surface area contributed by atoms with Gasteiger partial charge in [-0.05, 0) is 18.3 Å². The van der Waals surface area contributed by atoms with Crippen LogP contribution in [0.5, 0.6) is 0 Å². The van der Waals surface area contributed by atoms with Crippen molar-refractivity contribution in [2.24, 2.45) is 17.8 Å². The Morgan fingerprint density at radius 3 is 2.94 bits per heavy atom. The number of nitrogens with zero attached hydrogens (tertiary/aromatic N) is 1. The van der Waals surface area contributed by atoms with Crippen molar-refractivity contribution >= 4 is 0 Å². The molecule has 1 nitrogen and oxygen atoms in total. The molecule has 0 N–H and O–H groups in total. The van der Waals surface area contributed by atoms with Gasteiger partial charge in [-0.1, -0.05) is 49.5 Å². The smallest absolute Gasteiger partial charge is 0.0354 e. The summed E-state index contributed by atoms with van der Waals surface area (Å²) >= 11 is 0. The molecular weight excluding hydrogens is 206 g/mol. The lowest BCUT2D eigenvalue weighted by Crippen LogP contribution is -2.37. The van der Waals surface area contributed by atoms with E-state index in [-0.39, 0.29) is 0 Å². The monoisotopic (exact) mass is 227 g/mol. The summed E-state index contributed by atoms with van der Waals surface area (Å²) in [5.74, 6) is 2.12. The second kappa shape index (κ2) is 4.30. The minimum absolute atomic E-state index is 0.616. The van der Waals surface area contributed by atoms with E-state index < -0.39 is 0 Å². The van der Waals surface area contributed by atoms with E-state index in [0.29, 0.717) is 23.9 Å². The highest BCUT2D eigenvalue weighted by atomic mass is 15.2. The van der Waals surface area contributed by atoms with Crippen LogP contribution < -0.4 is 0 Å². The van der Waals surface area contributed by atoms with Gasteiger partial charge in [0, 0.05) is 24.5 Å². The summed E-state index contributed by atoms with van der Waals surface area (Å²) in [7, 11) is 0. The van der Waals surface area contributed by atoms with E-state index in [9.17, 15) is 0 Å². The van der Waals surface area contributed by atoms with Gasteiger partial charge < -0.3 is 0 Å². The molecule has 3 rings (SSSR count). The van der Waals surface area contributed by atoms with Gasteiger partial charge in [0.25, 0.3) is 0 Å². The molecule has 1 heteroatoms. The molecule has 0 amide bonds. The highest BCUT2D eigenvalue weighted by Gasteiger charge is 2.44. The zero-order valence-electron chi connectivity index (χ0n) is 10.5. The summed E-state index contributed by atoms with van der Waals surface area (Å²) in [4.78, 5) is 2.68. The molecule has 1 fully saturated rings. The molecule has 17 heavy (non-hydrogen) atoms. The number of hydrogen-bond donors (Lipinski definition) is 0. The van der Waals surface area contributed by atoms with Gasteiger partial charge in [-0.3, -0.25) is 4.90 Å². The third-order valence-electron chi connectivity index (χ3n) is 4.51. The van der Waals surface area contributed by atoms with E-state index in [1.54, 1.807) is 0 Å². The molecule has 0 spiro atoms. The summed E-state index contributed by atoms with van der Waals surface area (Å²) < 4.78 is 0. The Kier molecular flexibility index (Phi) is 2.79. The van der Waals surface area contributed by atoms with Crippen LogP contribution in [0.1, 0.15) is 13.3 Å². The molecule has 0 bridgehead atoms. The SMILES string of the molecule is C=CCC(C)C1C=CC2[C@H]3C=CC=CC3CN12. The lowest BCUT2D eigenvalue weighted by Gasteiger charge is -2.29. The zero-order valence-corrected chi connectivity index (χ0v) is 10.5. The maximum absolute atomic E-state index is 3.86. The molecule has 0 saturated carbocycles. The normalized spacial score (nSPS) is 40.3. The first-order valence-corrected chi connectivity index (χ1v) is 6.71. The molecule has 0 aromatic rings. The zero-order chi connectivity index (χ0) is 11.8. The lowest BCUT2D eigenvalue weighted by molar-refractivity contribution is 0.203. The number of rotatable bonds is 3. The molecule has 0 aromatic heterocycles. The minimum Gasteiger partial charge on any atom is -0.289 e. The van der Waals surface area contributed by atoms with E-state index in [1.807, 2.05) is 0 Å². The predicted molar refractivity (Wildman–Crippen MR) is 72.7 cm³/mol. The largest absolute Gasteiger partial charge is 0.289 e. The Balaban J connectivity index is 1.78. The van der Waals surface area contributed by atoms with Gasteiger partial charge in [0.2, 0.25) is 0 Å². The number of hydrogen-bond acceptors (Lipinski definition) is 1. The van der Waals surface area contributed by atoms with Crippen LogP contribution in [0, 0.1) is 17.8 Å². The third kappa shape index (κ3) is 1.73. The van der Waals surface area contributed by atoms with Gasteiger partial charge in [-0.2, -0.15) is 0 Å². The molecule has 2 aliphatic heterocycles. The fourth-order valence-electron chi connectivity index (χ4n) is 3.62. The summed E-state index contributed by atoms with van der Waals surface area (Å²) in [5, 5.41) is 0. The Bertz CT molecular complexity index is 390. The van der Waals surface area contributed by atoms with Gasteiger partial charge in [0.1, 0.15) is 0 Å². The van der Waals surface area contributed by atoms with Crippen LogP contribution in [-0.2, 0) is 0 Å². The highest BCUT2D eigenvalue weighted by molar-refractivity contribution is 5.27. The third-order valence-corrected chi connectivity index (χ3v) is 4.51. The van der Waals surface area contributed by atoms with E-state index in [0.717, 1.165) is 12.3 Å². The van der Waals surface area contributed by atoms with E-state index >= 15 is 0 Å². The molecule has 3 aliphatic rings. The van der Waals surface area contributed by atoms with Crippen molar-refractivity contribution in [3.8, 4) is 0 Å². The number of allylic oxidation sites excluding steroid dienone is 3. The second-order valence-corrected chi connectivity index (χ2v) is 5.58. The van der Waals surface area contributed by atoms with E-state index in [4.69, 9.17) is 0 Å². The molecular formula is C16H21N. The van der Waals surface area contributed by atoms with Gasteiger partial charge in [-0.15, -0.1) is 6.58 Å². The van der Waals surface area contributed by atoms with Crippen molar-refractivity contribution in [1.29, 1.82) is 0 Å². The fraction of sp³-hybridized carbons (Fsp3) is 0.500. The highest BCUT2D eigenvalue weighted by Crippen LogP contribution is 2.41. The first-order valence-electron chi connectivity index (χ1n) is 6.71.